The monoisotopic (exact) mass is 278 g/mol. The molecule has 0 bridgehead atoms. The van der Waals surface area contributed by atoms with Crippen molar-refractivity contribution >= 4 is 0 Å². The van der Waals surface area contributed by atoms with Crippen molar-refractivity contribution in [2.75, 3.05) is 19.6 Å². The predicted octanol–water partition coefficient (Wildman–Crippen LogP) is 3.74. The molecule has 1 aromatic carbocycles. The molecule has 1 aromatic rings. The van der Waals surface area contributed by atoms with Crippen molar-refractivity contribution in [3.8, 4) is 0 Å². The van der Waals surface area contributed by atoms with Crippen LogP contribution in [0.25, 0.3) is 0 Å². The first-order valence-corrected chi connectivity index (χ1v) is 7.77. The minimum Gasteiger partial charge on any atom is -0.309 e. The number of rotatable bonds is 6. The summed E-state index contributed by atoms with van der Waals surface area (Å²) in [5.74, 6) is -0.0990. The van der Waals surface area contributed by atoms with E-state index < -0.39 is 0 Å². The molecular weight excluding hydrogens is 251 g/mol. The second-order valence-electron chi connectivity index (χ2n) is 6.39. The molecule has 0 radical (unpaired) electrons. The van der Waals surface area contributed by atoms with E-state index in [0.717, 1.165) is 31.6 Å². The Hall–Kier alpha value is -0.930. The Morgan fingerprint density at radius 1 is 1.35 bits per heavy atom. The largest absolute Gasteiger partial charge is 0.309 e. The zero-order chi connectivity index (χ0) is 14.6. The van der Waals surface area contributed by atoms with Crippen molar-refractivity contribution in [1.82, 2.24) is 10.2 Å². The van der Waals surface area contributed by atoms with E-state index in [1.54, 1.807) is 12.1 Å². The van der Waals surface area contributed by atoms with E-state index in [2.05, 4.69) is 31.0 Å². The summed E-state index contributed by atoms with van der Waals surface area (Å²) >= 11 is 0. The summed E-state index contributed by atoms with van der Waals surface area (Å²) in [5, 5.41) is 3.51. The summed E-state index contributed by atoms with van der Waals surface area (Å²) in [7, 11) is 0. The molecule has 0 saturated carbocycles. The quantitative estimate of drug-likeness (QED) is 0.852. The molecule has 1 N–H and O–H groups in total. The summed E-state index contributed by atoms with van der Waals surface area (Å²) in [5.41, 5.74) is 1.03. The van der Waals surface area contributed by atoms with Crippen LogP contribution in [-0.4, -0.2) is 30.1 Å². The molecule has 0 amide bonds. The molecule has 1 unspecified atom stereocenters. The fraction of sp³-hybridized carbons (Fsp3) is 0.647. The van der Waals surface area contributed by atoms with Gasteiger partial charge in [0.1, 0.15) is 5.82 Å². The zero-order valence-corrected chi connectivity index (χ0v) is 13.0. The number of nitrogens with one attached hydrogen (secondary N) is 1. The van der Waals surface area contributed by atoms with E-state index in [0.29, 0.717) is 0 Å². The van der Waals surface area contributed by atoms with Gasteiger partial charge in [-0.05, 0) is 52.3 Å². The maximum Gasteiger partial charge on any atom is 0.128 e. The normalized spacial score (nSPS) is 20.2. The standard InChI is InChI=1S/C17H27FN2/c1-4-11-19-16(14-8-5-6-9-15(14)18)13-20-12-7-10-17(20,2)3/h5-6,8-9,16,19H,4,7,10-13H2,1-3H3. The van der Waals surface area contributed by atoms with Crippen molar-refractivity contribution in [2.45, 2.75) is 51.6 Å². The van der Waals surface area contributed by atoms with Gasteiger partial charge < -0.3 is 5.32 Å². The maximum absolute atomic E-state index is 14.1. The lowest BCUT2D eigenvalue weighted by Crippen LogP contribution is -2.43. The van der Waals surface area contributed by atoms with Crippen LogP contribution in [0.15, 0.2) is 24.3 Å². The Bertz CT molecular complexity index is 431. The summed E-state index contributed by atoms with van der Waals surface area (Å²) in [6, 6.07) is 7.23. The van der Waals surface area contributed by atoms with Crippen LogP contribution in [0, 0.1) is 5.82 Å². The third-order valence-corrected chi connectivity index (χ3v) is 4.40. The summed E-state index contributed by atoms with van der Waals surface area (Å²) in [6.45, 7) is 9.65. The Labute approximate surface area is 122 Å². The van der Waals surface area contributed by atoms with Gasteiger partial charge in [-0.3, -0.25) is 4.90 Å². The van der Waals surface area contributed by atoms with Gasteiger partial charge in [0.2, 0.25) is 0 Å². The SMILES string of the molecule is CCCNC(CN1CCCC1(C)C)c1ccccc1F. The van der Waals surface area contributed by atoms with Crippen LogP contribution in [0.4, 0.5) is 4.39 Å². The van der Waals surface area contributed by atoms with Crippen molar-refractivity contribution in [3.63, 3.8) is 0 Å². The van der Waals surface area contributed by atoms with Crippen LogP contribution < -0.4 is 5.32 Å². The van der Waals surface area contributed by atoms with Gasteiger partial charge in [-0.1, -0.05) is 25.1 Å². The molecule has 0 aromatic heterocycles. The van der Waals surface area contributed by atoms with Gasteiger partial charge >= 0.3 is 0 Å². The van der Waals surface area contributed by atoms with Gasteiger partial charge in [-0.2, -0.15) is 0 Å². The molecule has 1 saturated heterocycles. The molecule has 1 aliphatic rings. The van der Waals surface area contributed by atoms with E-state index in [1.165, 1.54) is 12.8 Å². The fourth-order valence-corrected chi connectivity index (χ4v) is 3.07. The molecule has 3 heteroatoms. The Morgan fingerprint density at radius 3 is 2.70 bits per heavy atom. The number of halogens is 1. The lowest BCUT2D eigenvalue weighted by molar-refractivity contribution is 0.155. The Morgan fingerprint density at radius 2 is 2.10 bits per heavy atom. The van der Waals surface area contributed by atoms with E-state index in [4.69, 9.17) is 0 Å². The van der Waals surface area contributed by atoms with Gasteiger partial charge in [0.15, 0.2) is 0 Å². The number of benzene rings is 1. The molecule has 2 nitrogen and oxygen atoms in total. The second-order valence-corrected chi connectivity index (χ2v) is 6.39. The number of likely N-dealkylation sites (tertiary alicyclic amines) is 1. The van der Waals surface area contributed by atoms with Crippen LogP contribution >= 0.6 is 0 Å². The average Bonchev–Trinajstić information content (AvgIpc) is 2.74. The van der Waals surface area contributed by atoms with Gasteiger partial charge in [-0.25, -0.2) is 4.39 Å². The maximum atomic E-state index is 14.1. The first kappa shape index (κ1) is 15.5. The Kier molecular flexibility index (Phi) is 5.17. The summed E-state index contributed by atoms with van der Waals surface area (Å²) in [4.78, 5) is 2.49. The number of hydrogen-bond acceptors (Lipinski definition) is 2. The highest BCUT2D eigenvalue weighted by atomic mass is 19.1. The topological polar surface area (TPSA) is 15.3 Å². The highest BCUT2D eigenvalue weighted by Gasteiger charge is 2.33. The van der Waals surface area contributed by atoms with Gasteiger partial charge in [-0.15, -0.1) is 0 Å². The predicted molar refractivity (Wildman–Crippen MR) is 82.3 cm³/mol. The Balaban J connectivity index is 2.14. The average molecular weight is 278 g/mol. The van der Waals surface area contributed by atoms with E-state index in [-0.39, 0.29) is 17.4 Å². The third-order valence-electron chi connectivity index (χ3n) is 4.40. The summed E-state index contributed by atoms with van der Waals surface area (Å²) < 4.78 is 14.1. The molecule has 1 aliphatic heterocycles. The van der Waals surface area contributed by atoms with Crippen LogP contribution in [0.1, 0.15) is 51.6 Å². The molecule has 0 spiro atoms. The van der Waals surface area contributed by atoms with E-state index in [1.807, 2.05) is 12.1 Å². The zero-order valence-electron chi connectivity index (χ0n) is 13.0. The van der Waals surface area contributed by atoms with Crippen molar-refractivity contribution in [1.29, 1.82) is 0 Å². The highest BCUT2D eigenvalue weighted by Crippen LogP contribution is 2.30. The molecular formula is C17H27FN2. The highest BCUT2D eigenvalue weighted by molar-refractivity contribution is 5.22. The van der Waals surface area contributed by atoms with Crippen LogP contribution in [-0.2, 0) is 0 Å². The van der Waals surface area contributed by atoms with Crippen molar-refractivity contribution in [3.05, 3.63) is 35.6 Å². The molecule has 112 valence electrons. The minimum atomic E-state index is -0.0990. The molecule has 0 aliphatic carbocycles. The van der Waals surface area contributed by atoms with Crippen molar-refractivity contribution in [2.24, 2.45) is 0 Å². The smallest absolute Gasteiger partial charge is 0.128 e. The first-order chi connectivity index (χ1) is 9.54. The summed E-state index contributed by atoms with van der Waals surface area (Å²) in [6.07, 6.45) is 3.53. The number of hydrogen-bond donors (Lipinski definition) is 1. The third kappa shape index (κ3) is 3.58. The van der Waals surface area contributed by atoms with Crippen LogP contribution in [0.2, 0.25) is 0 Å². The van der Waals surface area contributed by atoms with Gasteiger partial charge in [0, 0.05) is 23.7 Å². The van der Waals surface area contributed by atoms with E-state index in [9.17, 15) is 4.39 Å². The van der Waals surface area contributed by atoms with Crippen LogP contribution in [0.3, 0.4) is 0 Å². The fourth-order valence-electron chi connectivity index (χ4n) is 3.07. The second kappa shape index (κ2) is 6.68. The van der Waals surface area contributed by atoms with Gasteiger partial charge in [0.05, 0.1) is 0 Å². The lowest BCUT2D eigenvalue weighted by Gasteiger charge is -2.35. The van der Waals surface area contributed by atoms with Gasteiger partial charge in [0.25, 0.3) is 0 Å². The molecule has 20 heavy (non-hydrogen) atoms. The minimum absolute atomic E-state index is 0.0773. The van der Waals surface area contributed by atoms with Crippen LogP contribution in [0.5, 0.6) is 0 Å². The first-order valence-electron chi connectivity index (χ1n) is 7.77. The molecule has 2 rings (SSSR count). The molecule has 1 fully saturated rings. The number of nitrogens with zero attached hydrogens (tertiary/aromatic N) is 1. The lowest BCUT2D eigenvalue weighted by atomic mass is 10.00. The van der Waals surface area contributed by atoms with E-state index >= 15 is 0 Å². The molecule has 1 atom stereocenters. The molecule has 1 heterocycles. The van der Waals surface area contributed by atoms with Crippen molar-refractivity contribution < 1.29 is 4.39 Å².